The van der Waals surface area contributed by atoms with Crippen LogP contribution in [0, 0.1) is 0 Å². The van der Waals surface area contributed by atoms with Crippen LogP contribution in [0.15, 0.2) is 48.5 Å². The lowest BCUT2D eigenvalue weighted by atomic mass is 9.98. The number of thiazole rings is 1. The van der Waals surface area contributed by atoms with Crippen molar-refractivity contribution >= 4 is 44.2 Å². The molecule has 5 heteroatoms. The molecule has 1 heterocycles. The number of anilines is 1. The second kappa shape index (κ2) is 6.46. The Labute approximate surface area is 138 Å². The summed E-state index contributed by atoms with van der Waals surface area (Å²) in [5, 5.41) is 4.16. The number of hydrogen-bond donors (Lipinski definition) is 1. The highest BCUT2D eigenvalue weighted by atomic mass is 35.5. The summed E-state index contributed by atoms with van der Waals surface area (Å²) in [4.78, 5) is 16.6. The fraction of sp³-hybridized carbons (Fsp3) is 0.176. The predicted octanol–water partition coefficient (Wildman–Crippen LogP) is 5.08. The van der Waals surface area contributed by atoms with Gasteiger partial charge in [-0.05, 0) is 29.7 Å². The Morgan fingerprint density at radius 3 is 2.82 bits per heavy atom. The second-order valence-corrected chi connectivity index (χ2v) is 6.66. The van der Waals surface area contributed by atoms with E-state index in [4.69, 9.17) is 11.6 Å². The van der Waals surface area contributed by atoms with E-state index in [0.29, 0.717) is 16.6 Å². The van der Waals surface area contributed by atoms with Gasteiger partial charge >= 0.3 is 0 Å². The Balaban J connectivity index is 1.68. The first-order valence-corrected chi connectivity index (χ1v) is 8.22. The van der Waals surface area contributed by atoms with E-state index in [1.165, 1.54) is 11.3 Å². The molecule has 1 amide bonds. The number of hydrogen-bond acceptors (Lipinski definition) is 3. The SMILES string of the molecule is C[C@H](CC(=O)Nc1nc2ccc(Cl)cc2s1)c1ccccc1. The molecule has 0 fully saturated rings. The number of halogens is 1. The fourth-order valence-corrected chi connectivity index (χ4v) is 3.46. The van der Waals surface area contributed by atoms with E-state index in [0.717, 1.165) is 15.8 Å². The van der Waals surface area contributed by atoms with Gasteiger partial charge < -0.3 is 5.32 Å². The zero-order valence-electron chi connectivity index (χ0n) is 12.0. The molecule has 0 saturated heterocycles. The average molecular weight is 331 g/mol. The van der Waals surface area contributed by atoms with Crippen molar-refractivity contribution in [3.63, 3.8) is 0 Å². The van der Waals surface area contributed by atoms with Crippen LogP contribution in [-0.4, -0.2) is 10.9 Å². The molecular formula is C17H15ClN2OS. The van der Waals surface area contributed by atoms with Gasteiger partial charge in [0.15, 0.2) is 5.13 Å². The Hall–Kier alpha value is -1.91. The largest absolute Gasteiger partial charge is 0.302 e. The molecule has 3 rings (SSSR count). The van der Waals surface area contributed by atoms with Crippen LogP contribution >= 0.6 is 22.9 Å². The molecule has 0 bridgehead atoms. The van der Waals surface area contributed by atoms with E-state index in [1.807, 2.05) is 49.4 Å². The third-order valence-electron chi connectivity index (χ3n) is 3.46. The van der Waals surface area contributed by atoms with Gasteiger partial charge in [0.25, 0.3) is 0 Å². The molecule has 112 valence electrons. The van der Waals surface area contributed by atoms with Crippen molar-refractivity contribution in [2.24, 2.45) is 0 Å². The van der Waals surface area contributed by atoms with Gasteiger partial charge in [-0.15, -0.1) is 0 Å². The number of nitrogens with one attached hydrogen (secondary N) is 1. The van der Waals surface area contributed by atoms with Gasteiger partial charge in [0.05, 0.1) is 10.2 Å². The smallest absolute Gasteiger partial charge is 0.226 e. The lowest BCUT2D eigenvalue weighted by Crippen LogP contribution is -2.14. The molecule has 1 atom stereocenters. The summed E-state index contributed by atoms with van der Waals surface area (Å²) in [5.74, 6) is 0.145. The molecule has 0 aliphatic carbocycles. The third kappa shape index (κ3) is 3.46. The van der Waals surface area contributed by atoms with E-state index < -0.39 is 0 Å². The van der Waals surface area contributed by atoms with Crippen LogP contribution in [0.1, 0.15) is 24.8 Å². The van der Waals surface area contributed by atoms with Gasteiger partial charge in [-0.2, -0.15) is 0 Å². The minimum absolute atomic E-state index is 0.0264. The maximum absolute atomic E-state index is 12.2. The van der Waals surface area contributed by atoms with Gasteiger partial charge in [0, 0.05) is 11.4 Å². The molecule has 2 aromatic carbocycles. The maximum Gasteiger partial charge on any atom is 0.226 e. The highest BCUT2D eigenvalue weighted by molar-refractivity contribution is 7.22. The fourth-order valence-electron chi connectivity index (χ4n) is 2.30. The summed E-state index contributed by atoms with van der Waals surface area (Å²) >= 11 is 7.40. The van der Waals surface area contributed by atoms with Crippen molar-refractivity contribution in [3.8, 4) is 0 Å². The number of amides is 1. The number of carbonyl (C=O) groups is 1. The Kier molecular flexibility index (Phi) is 4.41. The summed E-state index contributed by atoms with van der Waals surface area (Å²) in [7, 11) is 0. The predicted molar refractivity (Wildman–Crippen MR) is 92.7 cm³/mol. The summed E-state index contributed by atoms with van der Waals surface area (Å²) in [6.07, 6.45) is 0.431. The minimum atomic E-state index is -0.0264. The van der Waals surface area contributed by atoms with E-state index in [1.54, 1.807) is 6.07 Å². The number of benzene rings is 2. The van der Waals surface area contributed by atoms with Gasteiger partial charge in [0.1, 0.15) is 0 Å². The first kappa shape index (κ1) is 15.0. The van der Waals surface area contributed by atoms with Crippen LogP contribution in [-0.2, 0) is 4.79 Å². The molecule has 0 spiro atoms. The molecule has 0 radical (unpaired) electrons. The standard InChI is InChI=1S/C17H15ClN2OS/c1-11(12-5-3-2-4-6-12)9-16(21)20-17-19-14-8-7-13(18)10-15(14)22-17/h2-8,10-11H,9H2,1H3,(H,19,20,21)/t11-/m1/s1. The van der Waals surface area contributed by atoms with Crippen LogP contribution < -0.4 is 5.32 Å². The number of nitrogens with zero attached hydrogens (tertiary/aromatic N) is 1. The monoisotopic (exact) mass is 330 g/mol. The van der Waals surface area contributed by atoms with E-state index in [2.05, 4.69) is 10.3 Å². The van der Waals surface area contributed by atoms with Crippen LogP contribution in [0.3, 0.4) is 0 Å². The molecule has 0 unspecified atom stereocenters. The summed E-state index contributed by atoms with van der Waals surface area (Å²) in [5.41, 5.74) is 2.01. The molecule has 0 aliphatic rings. The first-order chi connectivity index (χ1) is 10.6. The quantitative estimate of drug-likeness (QED) is 0.724. The Morgan fingerprint density at radius 2 is 2.05 bits per heavy atom. The number of fused-ring (bicyclic) bond motifs is 1. The third-order valence-corrected chi connectivity index (χ3v) is 4.63. The molecule has 3 nitrogen and oxygen atoms in total. The summed E-state index contributed by atoms with van der Waals surface area (Å²) in [6.45, 7) is 2.05. The Bertz CT molecular complexity index is 801. The normalized spacial score (nSPS) is 12.3. The lowest BCUT2D eigenvalue weighted by Gasteiger charge is -2.10. The van der Waals surface area contributed by atoms with E-state index in [9.17, 15) is 4.79 Å². The van der Waals surface area contributed by atoms with E-state index in [-0.39, 0.29) is 11.8 Å². The number of rotatable bonds is 4. The van der Waals surface area contributed by atoms with Crippen molar-refractivity contribution < 1.29 is 4.79 Å². The molecular weight excluding hydrogens is 316 g/mol. The van der Waals surface area contributed by atoms with Gasteiger partial charge in [-0.1, -0.05) is 60.2 Å². The molecule has 0 aliphatic heterocycles. The van der Waals surface area contributed by atoms with Crippen molar-refractivity contribution in [3.05, 3.63) is 59.1 Å². The zero-order chi connectivity index (χ0) is 15.5. The lowest BCUT2D eigenvalue weighted by molar-refractivity contribution is -0.116. The zero-order valence-corrected chi connectivity index (χ0v) is 13.6. The number of carbonyl (C=O) groups excluding carboxylic acids is 1. The molecule has 1 N–H and O–H groups in total. The van der Waals surface area contributed by atoms with Crippen LogP contribution in [0.5, 0.6) is 0 Å². The minimum Gasteiger partial charge on any atom is -0.302 e. The topological polar surface area (TPSA) is 42.0 Å². The van der Waals surface area contributed by atoms with Gasteiger partial charge in [-0.3, -0.25) is 4.79 Å². The average Bonchev–Trinajstić information content (AvgIpc) is 2.89. The molecule has 1 aromatic heterocycles. The van der Waals surface area contributed by atoms with Crippen LogP contribution in [0.4, 0.5) is 5.13 Å². The van der Waals surface area contributed by atoms with Crippen LogP contribution in [0.25, 0.3) is 10.2 Å². The molecule has 0 saturated carbocycles. The molecule has 3 aromatic rings. The van der Waals surface area contributed by atoms with Gasteiger partial charge in [0.2, 0.25) is 5.91 Å². The van der Waals surface area contributed by atoms with Crippen molar-refractivity contribution in [1.29, 1.82) is 0 Å². The number of aromatic nitrogens is 1. The highest BCUT2D eigenvalue weighted by Crippen LogP contribution is 2.28. The second-order valence-electron chi connectivity index (χ2n) is 5.20. The van der Waals surface area contributed by atoms with Crippen molar-refractivity contribution in [1.82, 2.24) is 4.98 Å². The van der Waals surface area contributed by atoms with Gasteiger partial charge in [-0.25, -0.2) is 4.98 Å². The summed E-state index contributed by atoms with van der Waals surface area (Å²) in [6, 6.07) is 15.5. The van der Waals surface area contributed by atoms with Crippen LogP contribution in [0.2, 0.25) is 5.02 Å². The highest BCUT2D eigenvalue weighted by Gasteiger charge is 2.13. The Morgan fingerprint density at radius 1 is 1.27 bits per heavy atom. The maximum atomic E-state index is 12.2. The first-order valence-electron chi connectivity index (χ1n) is 7.03. The van der Waals surface area contributed by atoms with Crippen molar-refractivity contribution in [2.75, 3.05) is 5.32 Å². The summed E-state index contributed by atoms with van der Waals surface area (Å²) < 4.78 is 0.971. The van der Waals surface area contributed by atoms with Crippen molar-refractivity contribution in [2.45, 2.75) is 19.3 Å². The van der Waals surface area contributed by atoms with E-state index >= 15 is 0 Å². The molecule has 22 heavy (non-hydrogen) atoms.